The highest BCUT2D eigenvalue weighted by Crippen LogP contribution is 2.49. The van der Waals surface area contributed by atoms with Crippen LogP contribution in [0.2, 0.25) is 0 Å². The monoisotopic (exact) mass is 680 g/mol. The summed E-state index contributed by atoms with van der Waals surface area (Å²) in [6, 6.07) is 2.78. The van der Waals surface area contributed by atoms with Crippen molar-refractivity contribution < 1.29 is 65.8 Å². The predicted octanol–water partition coefficient (Wildman–Crippen LogP) is -1.36. The number of amides is 2. The molecular formula is C26H26N5O13S2+. The number of nitrogen functional groups attached to an aromatic ring is 1. The fourth-order valence-electron chi connectivity index (χ4n) is 4.93. The summed E-state index contributed by atoms with van der Waals surface area (Å²) in [6.45, 7) is 0. The fourth-order valence-corrected chi connectivity index (χ4v) is 6.52. The van der Waals surface area contributed by atoms with Crippen LogP contribution in [-0.2, 0) is 29.8 Å². The highest BCUT2D eigenvalue weighted by Gasteiger charge is 2.41. The van der Waals surface area contributed by atoms with Crippen molar-refractivity contribution in [1.82, 2.24) is 10.7 Å². The number of quaternary nitrogens is 1. The largest absolute Gasteiger partial charge is 0.481 e. The first kappa shape index (κ1) is 33.8. The lowest BCUT2D eigenvalue weighted by molar-refractivity contribution is -0.389. The van der Waals surface area contributed by atoms with Crippen molar-refractivity contribution in [2.45, 2.75) is 29.8 Å². The van der Waals surface area contributed by atoms with Crippen molar-refractivity contribution in [2.24, 2.45) is 5.84 Å². The molecule has 0 fully saturated rings. The van der Waals surface area contributed by atoms with E-state index in [1.807, 2.05) is 0 Å². The summed E-state index contributed by atoms with van der Waals surface area (Å²) in [7, 11) is -10.2. The second-order valence-electron chi connectivity index (χ2n) is 9.89. The molecule has 13 N–H and O–H groups in total. The van der Waals surface area contributed by atoms with Crippen LogP contribution in [0.4, 0.5) is 5.69 Å². The number of benzene rings is 2. The molecule has 0 radical (unpaired) electrons. The Kier molecular flexibility index (Phi) is 9.06. The molecule has 2 aliphatic rings. The molecule has 0 bridgehead atoms. The van der Waals surface area contributed by atoms with Gasteiger partial charge in [0.15, 0.2) is 21.3 Å². The summed E-state index contributed by atoms with van der Waals surface area (Å²) < 4.78 is 75.2. The molecule has 2 aromatic carbocycles. The summed E-state index contributed by atoms with van der Waals surface area (Å²) in [5, 5.41) is 21.4. The Labute approximate surface area is 259 Å². The van der Waals surface area contributed by atoms with Crippen LogP contribution >= 0.6 is 0 Å². The average molecular weight is 681 g/mol. The van der Waals surface area contributed by atoms with E-state index in [-0.39, 0.29) is 34.3 Å². The number of hydrazine groups is 1. The quantitative estimate of drug-likeness (QED) is 0.0460. The number of fused-ring (bicyclic) bond motifs is 2. The van der Waals surface area contributed by atoms with Crippen LogP contribution in [0.5, 0.6) is 5.75 Å². The molecule has 1 aliphatic carbocycles. The van der Waals surface area contributed by atoms with Gasteiger partial charge in [-0.05, 0) is 48.4 Å². The fraction of sp³-hybridized carbons (Fsp3) is 0.154. The number of aromatic carboxylic acids is 1. The molecule has 1 heterocycles. The number of carbonyl (C=O) groups excluding carboxylic acids is 2. The van der Waals surface area contributed by atoms with Gasteiger partial charge in [0.2, 0.25) is 0 Å². The van der Waals surface area contributed by atoms with Crippen LogP contribution in [0.25, 0.3) is 5.57 Å². The number of aliphatic carboxylic acids is 1. The van der Waals surface area contributed by atoms with Crippen molar-refractivity contribution in [3.63, 3.8) is 0 Å². The maximum atomic E-state index is 13.1. The van der Waals surface area contributed by atoms with Gasteiger partial charge in [-0.1, -0.05) is 6.07 Å². The molecule has 0 aromatic heterocycles. The van der Waals surface area contributed by atoms with Gasteiger partial charge in [0, 0.05) is 28.7 Å². The third-order valence-electron chi connectivity index (χ3n) is 6.91. The Morgan fingerprint density at radius 2 is 1.65 bits per heavy atom. The zero-order valence-electron chi connectivity index (χ0n) is 23.3. The smallest absolute Gasteiger partial charge is 0.336 e. The number of hydrogen-bond donors (Lipinski definition) is 9. The van der Waals surface area contributed by atoms with E-state index in [2.05, 4.69) is 11.1 Å². The highest BCUT2D eigenvalue weighted by molar-refractivity contribution is 7.89. The summed E-state index contributed by atoms with van der Waals surface area (Å²) in [5.41, 5.74) is 9.16. The number of hydrogen-bond acceptors (Lipinski definition) is 11. The lowest BCUT2D eigenvalue weighted by Crippen LogP contribution is -2.62. The molecule has 46 heavy (non-hydrogen) atoms. The summed E-state index contributed by atoms with van der Waals surface area (Å²) >= 11 is 0. The number of rotatable bonds is 10. The highest BCUT2D eigenvalue weighted by atomic mass is 32.2. The molecule has 2 amide bonds. The number of nitrogens with one attached hydrogen (secondary N) is 2. The van der Waals surface area contributed by atoms with Gasteiger partial charge in [-0.3, -0.25) is 28.9 Å². The number of allylic oxidation sites excluding steroid dienone is 1. The number of nitrogens with two attached hydrogens (primary N) is 2. The van der Waals surface area contributed by atoms with Crippen LogP contribution < -0.4 is 32.8 Å². The number of ether oxygens (including phenoxy) is 1. The number of carboxylic acid groups (broad SMARTS) is 2. The Morgan fingerprint density at radius 1 is 1.00 bits per heavy atom. The minimum Gasteiger partial charge on any atom is -0.481 e. The predicted molar refractivity (Wildman–Crippen MR) is 156 cm³/mol. The number of carbonyl (C=O) groups is 4. The van der Waals surface area contributed by atoms with Crippen molar-refractivity contribution in [1.29, 1.82) is 0 Å². The molecule has 0 saturated heterocycles. The Hall–Kier alpha value is -5.12. The lowest BCUT2D eigenvalue weighted by Gasteiger charge is -2.30. The molecule has 0 spiro atoms. The SMILES string of the molecule is NNC(=O)C(CCC(=O)O)NC(=O)c1ccc(C2=C3C=CC([NH3+])C(S(=O)(=O)O)=C3Oc3c2ccc(N)c3S(=O)(=O)O)c(C(=O)O)c1. The first-order valence-electron chi connectivity index (χ1n) is 12.8. The number of anilines is 1. The third kappa shape index (κ3) is 6.47. The zero-order valence-corrected chi connectivity index (χ0v) is 24.9. The molecule has 244 valence electrons. The van der Waals surface area contributed by atoms with Crippen LogP contribution in [0.3, 0.4) is 0 Å². The standard InChI is InChI=1S/C26H25N5O13S2/c27-15-5-3-12-19(13-4-6-16(28)23(46(41,42)43)21(13)44-20(12)22(15)45(38,39)40)11-2-1-10(9-14(11)26(36)37)24(34)30-17(25(35)31-29)7-8-18(32)33/h1-6,9,15,17H,7-8,27-29H2,(H,30,34)(H,31,35)(H,32,33)(H,36,37)(H,38,39,40)(H,41,42,43)/p+1. The van der Waals surface area contributed by atoms with E-state index < -0.39 is 95.1 Å². The van der Waals surface area contributed by atoms with Crippen molar-refractivity contribution in [3.8, 4) is 5.75 Å². The first-order valence-corrected chi connectivity index (χ1v) is 15.7. The van der Waals surface area contributed by atoms with E-state index in [1.54, 1.807) is 5.43 Å². The van der Waals surface area contributed by atoms with Crippen LogP contribution in [0.15, 0.2) is 63.6 Å². The maximum absolute atomic E-state index is 13.1. The maximum Gasteiger partial charge on any atom is 0.336 e. The van der Waals surface area contributed by atoms with Crippen LogP contribution in [-0.4, -0.2) is 72.0 Å². The average Bonchev–Trinajstić information content (AvgIpc) is 2.95. The molecule has 4 rings (SSSR count). The summed E-state index contributed by atoms with van der Waals surface area (Å²) in [6.07, 6.45) is 1.67. The van der Waals surface area contributed by atoms with Gasteiger partial charge in [0.1, 0.15) is 12.1 Å². The van der Waals surface area contributed by atoms with Gasteiger partial charge in [-0.25, -0.2) is 10.6 Å². The van der Waals surface area contributed by atoms with Gasteiger partial charge in [-0.2, -0.15) is 16.8 Å². The van der Waals surface area contributed by atoms with Crippen molar-refractivity contribution in [2.75, 3.05) is 5.73 Å². The first-order chi connectivity index (χ1) is 21.4. The second-order valence-corrected chi connectivity index (χ2v) is 12.6. The third-order valence-corrected chi connectivity index (χ3v) is 8.90. The molecule has 2 aromatic rings. The minimum atomic E-state index is -5.15. The Balaban J connectivity index is 1.99. The minimum absolute atomic E-state index is 0.140. The van der Waals surface area contributed by atoms with E-state index in [1.165, 1.54) is 18.2 Å². The lowest BCUT2D eigenvalue weighted by atomic mass is 9.84. The topological polar surface area (TPSA) is 330 Å². The zero-order chi connectivity index (χ0) is 34.3. The van der Waals surface area contributed by atoms with E-state index in [0.717, 1.165) is 24.3 Å². The molecule has 18 nitrogen and oxygen atoms in total. The van der Waals surface area contributed by atoms with Gasteiger partial charge in [-0.15, -0.1) is 0 Å². The van der Waals surface area contributed by atoms with E-state index in [9.17, 15) is 50.2 Å². The summed E-state index contributed by atoms with van der Waals surface area (Å²) in [4.78, 5) is 46.9. The normalized spacial score (nSPS) is 16.6. The molecule has 20 heteroatoms. The molecule has 2 atom stereocenters. The van der Waals surface area contributed by atoms with E-state index in [4.69, 9.17) is 21.4 Å². The Bertz CT molecular complexity index is 2020. The molecule has 0 saturated carbocycles. The van der Waals surface area contributed by atoms with Gasteiger partial charge >= 0.3 is 22.1 Å². The molecule has 2 unspecified atom stereocenters. The van der Waals surface area contributed by atoms with Gasteiger partial charge in [0.05, 0.1) is 11.3 Å². The van der Waals surface area contributed by atoms with Gasteiger partial charge in [0.25, 0.3) is 21.9 Å². The molecule has 1 aliphatic heterocycles. The van der Waals surface area contributed by atoms with E-state index >= 15 is 0 Å². The Morgan fingerprint density at radius 3 is 2.22 bits per heavy atom. The second kappa shape index (κ2) is 12.3. The van der Waals surface area contributed by atoms with Crippen LogP contribution in [0, 0.1) is 0 Å². The van der Waals surface area contributed by atoms with Crippen LogP contribution in [0.1, 0.15) is 44.7 Å². The molecular weight excluding hydrogens is 654 g/mol. The summed E-state index contributed by atoms with van der Waals surface area (Å²) in [5.74, 6) is -0.992. The van der Waals surface area contributed by atoms with Crippen molar-refractivity contribution >= 4 is 55.2 Å². The van der Waals surface area contributed by atoms with Gasteiger partial charge < -0.3 is 31.7 Å². The van der Waals surface area contributed by atoms with Crippen molar-refractivity contribution in [3.05, 3.63) is 81.0 Å². The number of carboxylic acids is 2. The van der Waals surface area contributed by atoms with E-state index in [0.29, 0.717) is 0 Å².